The van der Waals surface area contributed by atoms with Crippen LogP contribution in [0.3, 0.4) is 0 Å². The number of halogens is 1. The summed E-state index contributed by atoms with van der Waals surface area (Å²) in [4.78, 5) is 14.5. The van der Waals surface area contributed by atoms with Crippen molar-refractivity contribution in [2.75, 3.05) is 56.7 Å². The molecule has 30 heavy (non-hydrogen) atoms. The first-order chi connectivity index (χ1) is 14.7. The first kappa shape index (κ1) is 20.8. The average Bonchev–Trinajstić information content (AvgIpc) is 2.78. The third-order valence-corrected chi connectivity index (χ3v) is 5.64. The number of fused-ring (bicyclic) bond motifs is 1. The molecule has 158 valence electrons. The van der Waals surface area contributed by atoms with Gasteiger partial charge in [0.2, 0.25) is 5.95 Å². The number of para-hydroxylation sites is 1. The SMILES string of the molecule is COCCCNc1nc(N2CCN(Cc3ccc(Cl)cc3)CC2)nc2ccccc12. The molecular formula is C23H28ClN5O. The average molecular weight is 426 g/mol. The number of benzene rings is 2. The Morgan fingerprint density at radius 3 is 2.53 bits per heavy atom. The van der Waals surface area contributed by atoms with E-state index in [1.54, 1.807) is 7.11 Å². The molecule has 0 saturated carbocycles. The van der Waals surface area contributed by atoms with Crippen LogP contribution in [0.15, 0.2) is 48.5 Å². The molecule has 1 aliphatic heterocycles. The summed E-state index contributed by atoms with van der Waals surface area (Å²) in [6.45, 7) is 6.28. The van der Waals surface area contributed by atoms with Gasteiger partial charge in [-0.1, -0.05) is 35.9 Å². The predicted octanol–water partition coefficient (Wildman–Crippen LogP) is 4.05. The van der Waals surface area contributed by atoms with Crippen LogP contribution in [0.1, 0.15) is 12.0 Å². The van der Waals surface area contributed by atoms with Crippen molar-refractivity contribution >= 4 is 34.3 Å². The Morgan fingerprint density at radius 2 is 1.77 bits per heavy atom. The maximum atomic E-state index is 6.00. The van der Waals surface area contributed by atoms with Crippen LogP contribution in [-0.2, 0) is 11.3 Å². The van der Waals surface area contributed by atoms with Crippen LogP contribution in [0.2, 0.25) is 5.02 Å². The first-order valence-electron chi connectivity index (χ1n) is 10.4. The maximum absolute atomic E-state index is 6.00. The van der Waals surface area contributed by atoms with Crippen LogP contribution in [0.5, 0.6) is 0 Å². The van der Waals surface area contributed by atoms with Crippen molar-refractivity contribution in [3.8, 4) is 0 Å². The number of nitrogens with one attached hydrogen (secondary N) is 1. The number of aromatic nitrogens is 2. The molecule has 0 radical (unpaired) electrons. The summed E-state index contributed by atoms with van der Waals surface area (Å²) in [6.07, 6.45) is 0.938. The molecule has 1 aliphatic rings. The second-order valence-electron chi connectivity index (χ2n) is 7.55. The van der Waals surface area contributed by atoms with Gasteiger partial charge >= 0.3 is 0 Å². The van der Waals surface area contributed by atoms with Crippen LogP contribution >= 0.6 is 11.6 Å². The molecule has 0 amide bonds. The molecule has 0 spiro atoms. The van der Waals surface area contributed by atoms with Crippen molar-refractivity contribution in [3.63, 3.8) is 0 Å². The zero-order chi connectivity index (χ0) is 20.8. The Balaban J connectivity index is 1.43. The third-order valence-electron chi connectivity index (χ3n) is 5.38. The van der Waals surface area contributed by atoms with E-state index >= 15 is 0 Å². The van der Waals surface area contributed by atoms with E-state index in [9.17, 15) is 0 Å². The summed E-state index contributed by atoms with van der Waals surface area (Å²) in [5.74, 6) is 1.70. The lowest BCUT2D eigenvalue weighted by Crippen LogP contribution is -2.46. The van der Waals surface area contributed by atoms with Gasteiger partial charge in [0, 0.05) is 63.4 Å². The normalized spacial score (nSPS) is 14.9. The molecular weight excluding hydrogens is 398 g/mol. The molecule has 2 heterocycles. The zero-order valence-electron chi connectivity index (χ0n) is 17.4. The maximum Gasteiger partial charge on any atom is 0.227 e. The van der Waals surface area contributed by atoms with E-state index in [1.165, 1.54) is 5.56 Å². The van der Waals surface area contributed by atoms with E-state index in [0.29, 0.717) is 0 Å². The van der Waals surface area contributed by atoms with Gasteiger partial charge in [-0.05, 0) is 36.2 Å². The molecule has 2 aromatic carbocycles. The van der Waals surface area contributed by atoms with Crippen molar-refractivity contribution in [2.45, 2.75) is 13.0 Å². The van der Waals surface area contributed by atoms with E-state index in [-0.39, 0.29) is 0 Å². The van der Waals surface area contributed by atoms with Gasteiger partial charge in [-0.25, -0.2) is 4.98 Å². The zero-order valence-corrected chi connectivity index (χ0v) is 18.1. The monoisotopic (exact) mass is 425 g/mol. The van der Waals surface area contributed by atoms with Crippen LogP contribution in [0, 0.1) is 0 Å². The minimum Gasteiger partial charge on any atom is -0.385 e. The lowest BCUT2D eigenvalue weighted by Gasteiger charge is -2.35. The fourth-order valence-corrected chi connectivity index (χ4v) is 3.84. The molecule has 0 unspecified atom stereocenters. The van der Waals surface area contributed by atoms with Gasteiger partial charge < -0.3 is 15.0 Å². The summed E-state index contributed by atoms with van der Waals surface area (Å²) in [5, 5.41) is 5.31. The number of anilines is 2. The minimum absolute atomic E-state index is 0.735. The van der Waals surface area contributed by atoms with Gasteiger partial charge in [-0.15, -0.1) is 0 Å². The van der Waals surface area contributed by atoms with Crippen molar-refractivity contribution in [2.24, 2.45) is 0 Å². The van der Waals surface area contributed by atoms with E-state index in [2.05, 4.69) is 39.4 Å². The van der Waals surface area contributed by atoms with Gasteiger partial charge in [0.05, 0.1) is 5.52 Å². The second-order valence-corrected chi connectivity index (χ2v) is 7.99. The Labute approximate surface area is 182 Å². The highest BCUT2D eigenvalue weighted by atomic mass is 35.5. The highest BCUT2D eigenvalue weighted by molar-refractivity contribution is 6.30. The molecule has 1 saturated heterocycles. The Kier molecular flexibility index (Phi) is 7.00. The molecule has 0 bridgehead atoms. The van der Waals surface area contributed by atoms with Gasteiger partial charge in [-0.3, -0.25) is 4.90 Å². The second kappa shape index (κ2) is 10.1. The molecule has 0 atom stereocenters. The summed E-state index contributed by atoms with van der Waals surface area (Å²) >= 11 is 6.00. The molecule has 6 nitrogen and oxygen atoms in total. The van der Waals surface area contributed by atoms with E-state index in [0.717, 1.165) is 80.0 Å². The standard InChI is InChI=1S/C23H28ClN5O/c1-30-16-4-11-25-22-20-5-2-3-6-21(20)26-23(27-22)29-14-12-28(13-15-29)17-18-7-9-19(24)10-8-18/h2-3,5-10H,4,11-17H2,1H3,(H,25,26,27). The van der Waals surface area contributed by atoms with Gasteiger partial charge in [0.1, 0.15) is 5.82 Å². The molecule has 4 rings (SSSR count). The highest BCUT2D eigenvalue weighted by Gasteiger charge is 2.20. The number of hydrogen-bond donors (Lipinski definition) is 1. The molecule has 3 aromatic rings. The largest absolute Gasteiger partial charge is 0.385 e. The molecule has 1 aromatic heterocycles. The van der Waals surface area contributed by atoms with Crippen molar-refractivity contribution in [3.05, 3.63) is 59.1 Å². The van der Waals surface area contributed by atoms with Crippen LogP contribution in [0.4, 0.5) is 11.8 Å². The van der Waals surface area contributed by atoms with E-state index < -0.39 is 0 Å². The number of ether oxygens (including phenoxy) is 1. The quantitative estimate of drug-likeness (QED) is 0.549. The predicted molar refractivity (Wildman–Crippen MR) is 123 cm³/mol. The van der Waals surface area contributed by atoms with Crippen LogP contribution in [-0.4, -0.2) is 61.3 Å². The lowest BCUT2D eigenvalue weighted by atomic mass is 10.2. The van der Waals surface area contributed by atoms with Gasteiger partial charge in [0.15, 0.2) is 0 Å². The summed E-state index contributed by atoms with van der Waals surface area (Å²) < 4.78 is 5.15. The summed E-state index contributed by atoms with van der Waals surface area (Å²) in [7, 11) is 1.73. The minimum atomic E-state index is 0.735. The molecule has 0 aliphatic carbocycles. The topological polar surface area (TPSA) is 53.5 Å². The van der Waals surface area contributed by atoms with Crippen molar-refractivity contribution in [1.29, 1.82) is 0 Å². The molecule has 1 fully saturated rings. The Hall–Kier alpha value is -2.41. The van der Waals surface area contributed by atoms with E-state index in [1.807, 2.05) is 24.3 Å². The molecule has 7 heteroatoms. The smallest absolute Gasteiger partial charge is 0.227 e. The van der Waals surface area contributed by atoms with E-state index in [4.69, 9.17) is 26.3 Å². The summed E-state index contributed by atoms with van der Waals surface area (Å²) in [5.41, 5.74) is 2.26. The molecule has 1 N–H and O–H groups in total. The van der Waals surface area contributed by atoms with Gasteiger partial charge in [-0.2, -0.15) is 4.98 Å². The van der Waals surface area contributed by atoms with Gasteiger partial charge in [0.25, 0.3) is 0 Å². The summed E-state index contributed by atoms with van der Waals surface area (Å²) in [6, 6.07) is 16.3. The number of nitrogens with zero attached hydrogens (tertiary/aromatic N) is 4. The lowest BCUT2D eigenvalue weighted by molar-refractivity contribution is 0.198. The number of rotatable bonds is 8. The number of methoxy groups -OCH3 is 1. The highest BCUT2D eigenvalue weighted by Crippen LogP contribution is 2.24. The van der Waals surface area contributed by atoms with Crippen LogP contribution < -0.4 is 10.2 Å². The van der Waals surface area contributed by atoms with Crippen molar-refractivity contribution < 1.29 is 4.74 Å². The number of hydrogen-bond acceptors (Lipinski definition) is 6. The fourth-order valence-electron chi connectivity index (χ4n) is 3.72. The number of piperazine rings is 1. The Morgan fingerprint density at radius 1 is 1.00 bits per heavy atom. The Bertz CT molecular complexity index is 957. The van der Waals surface area contributed by atoms with Crippen LogP contribution in [0.25, 0.3) is 10.9 Å². The fraction of sp³-hybridized carbons (Fsp3) is 0.391. The first-order valence-corrected chi connectivity index (χ1v) is 10.8. The van der Waals surface area contributed by atoms with Crippen molar-refractivity contribution in [1.82, 2.24) is 14.9 Å². The third kappa shape index (κ3) is 5.19.